The largest absolute Gasteiger partial charge is 0.456 e. The molecule has 2 aromatic carbocycles. The summed E-state index contributed by atoms with van der Waals surface area (Å²) in [6, 6.07) is 9.90. The predicted molar refractivity (Wildman–Crippen MR) is 95.7 cm³/mol. The lowest BCUT2D eigenvalue weighted by Gasteiger charge is -2.13. The van der Waals surface area contributed by atoms with Crippen molar-refractivity contribution in [2.75, 3.05) is 6.26 Å². The minimum absolute atomic E-state index is 0.0883. The van der Waals surface area contributed by atoms with Crippen molar-refractivity contribution in [2.45, 2.75) is 18.7 Å². The lowest BCUT2D eigenvalue weighted by molar-refractivity contribution is 0.100. The molecule has 0 spiro atoms. The van der Waals surface area contributed by atoms with E-state index in [0.29, 0.717) is 11.3 Å². The van der Waals surface area contributed by atoms with E-state index >= 15 is 0 Å². The van der Waals surface area contributed by atoms with Crippen LogP contribution in [0.4, 0.5) is 0 Å². The number of aliphatic imine (C=N–C) groups is 1. The van der Waals surface area contributed by atoms with Crippen molar-refractivity contribution in [1.29, 1.82) is 0 Å². The number of sulfone groups is 1. The number of nitrogens with zero attached hydrogens (tertiary/aromatic N) is 1. The van der Waals surface area contributed by atoms with Crippen molar-refractivity contribution in [3.63, 3.8) is 0 Å². The van der Waals surface area contributed by atoms with Crippen LogP contribution in [0.3, 0.4) is 0 Å². The van der Waals surface area contributed by atoms with Crippen molar-refractivity contribution < 1.29 is 17.9 Å². The zero-order chi connectivity index (χ0) is 18.8. The van der Waals surface area contributed by atoms with E-state index in [4.69, 9.17) is 16.2 Å². The minimum atomic E-state index is -3.65. The SMILES string of the molecule is Cc1cccc(Oc2cc(C)c(C(=O)N=C(N)N)cc2S(C)(=O)=O)c1. The molecule has 4 N–H and O–H groups in total. The van der Waals surface area contributed by atoms with E-state index in [1.807, 2.05) is 13.0 Å². The first-order valence-corrected chi connectivity index (χ1v) is 9.20. The number of ether oxygens (including phenoxy) is 1. The summed E-state index contributed by atoms with van der Waals surface area (Å²) in [5.74, 6) is -0.491. The fraction of sp³-hybridized carbons (Fsp3) is 0.176. The van der Waals surface area contributed by atoms with Gasteiger partial charge in [0.2, 0.25) is 0 Å². The zero-order valence-corrected chi connectivity index (χ0v) is 14.9. The van der Waals surface area contributed by atoms with E-state index < -0.39 is 21.7 Å². The molecule has 0 radical (unpaired) electrons. The van der Waals surface area contributed by atoms with Crippen LogP contribution in [0.1, 0.15) is 21.5 Å². The van der Waals surface area contributed by atoms with Gasteiger partial charge in [-0.15, -0.1) is 0 Å². The number of hydrogen-bond donors (Lipinski definition) is 2. The predicted octanol–water partition coefficient (Wildman–Crippen LogP) is 1.91. The number of carbonyl (C=O) groups is 1. The van der Waals surface area contributed by atoms with Gasteiger partial charge in [-0.2, -0.15) is 4.99 Å². The Bertz CT molecular complexity index is 962. The van der Waals surface area contributed by atoms with E-state index in [9.17, 15) is 13.2 Å². The summed E-state index contributed by atoms with van der Waals surface area (Å²) in [5.41, 5.74) is 12.0. The standard InChI is InChI=1S/C17H19N3O4S/c1-10-5-4-6-12(7-10)24-14-8-11(2)13(16(21)20-17(18)19)9-15(14)25(3,22)23/h4-9H,1-3H3,(H4,18,19,20,21). The van der Waals surface area contributed by atoms with Crippen LogP contribution in [0.15, 0.2) is 46.3 Å². The Hall–Kier alpha value is -2.87. The first-order chi connectivity index (χ1) is 11.6. The van der Waals surface area contributed by atoms with Crippen LogP contribution in [0, 0.1) is 13.8 Å². The van der Waals surface area contributed by atoms with E-state index in [0.717, 1.165) is 11.8 Å². The molecule has 8 heteroatoms. The van der Waals surface area contributed by atoms with Gasteiger partial charge in [0.15, 0.2) is 15.8 Å². The monoisotopic (exact) mass is 361 g/mol. The van der Waals surface area contributed by atoms with Gasteiger partial charge in [0.25, 0.3) is 5.91 Å². The van der Waals surface area contributed by atoms with Gasteiger partial charge in [-0.1, -0.05) is 12.1 Å². The minimum Gasteiger partial charge on any atom is -0.456 e. The highest BCUT2D eigenvalue weighted by atomic mass is 32.2. The Morgan fingerprint density at radius 2 is 1.80 bits per heavy atom. The van der Waals surface area contributed by atoms with Crippen LogP contribution in [0.5, 0.6) is 11.5 Å². The van der Waals surface area contributed by atoms with Gasteiger partial charge in [0, 0.05) is 11.8 Å². The highest BCUT2D eigenvalue weighted by Crippen LogP contribution is 2.32. The third kappa shape index (κ3) is 4.57. The van der Waals surface area contributed by atoms with Crippen LogP contribution in [0.25, 0.3) is 0 Å². The second-order valence-corrected chi connectivity index (χ2v) is 7.63. The smallest absolute Gasteiger partial charge is 0.280 e. The van der Waals surface area contributed by atoms with E-state index in [1.54, 1.807) is 25.1 Å². The Morgan fingerprint density at radius 3 is 2.36 bits per heavy atom. The fourth-order valence-electron chi connectivity index (χ4n) is 2.24. The molecule has 2 rings (SSSR count). The molecule has 0 aliphatic heterocycles. The molecule has 0 aromatic heterocycles. The van der Waals surface area contributed by atoms with Crippen LogP contribution < -0.4 is 16.2 Å². The normalized spacial score (nSPS) is 11.0. The van der Waals surface area contributed by atoms with Crippen molar-refractivity contribution >= 4 is 21.7 Å². The number of guanidine groups is 1. The van der Waals surface area contributed by atoms with E-state index in [1.165, 1.54) is 12.1 Å². The Balaban J connectivity index is 2.59. The highest BCUT2D eigenvalue weighted by molar-refractivity contribution is 7.90. The quantitative estimate of drug-likeness (QED) is 0.633. The molecule has 0 saturated heterocycles. The van der Waals surface area contributed by atoms with Gasteiger partial charge < -0.3 is 16.2 Å². The van der Waals surface area contributed by atoms with Crippen LogP contribution in [0.2, 0.25) is 0 Å². The summed E-state index contributed by atoms with van der Waals surface area (Å²) in [7, 11) is -3.65. The van der Waals surface area contributed by atoms with E-state index in [-0.39, 0.29) is 16.2 Å². The summed E-state index contributed by atoms with van der Waals surface area (Å²) < 4.78 is 30.0. The highest BCUT2D eigenvalue weighted by Gasteiger charge is 2.21. The van der Waals surface area contributed by atoms with Crippen LogP contribution in [-0.2, 0) is 9.84 Å². The molecule has 0 unspecified atom stereocenters. The molecule has 0 atom stereocenters. The van der Waals surface area contributed by atoms with Crippen LogP contribution >= 0.6 is 0 Å². The number of nitrogens with two attached hydrogens (primary N) is 2. The molecule has 0 aliphatic carbocycles. The van der Waals surface area contributed by atoms with Gasteiger partial charge in [0.05, 0.1) is 0 Å². The van der Waals surface area contributed by atoms with Crippen molar-refractivity contribution in [3.8, 4) is 11.5 Å². The van der Waals surface area contributed by atoms with Crippen LogP contribution in [-0.4, -0.2) is 26.5 Å². The molecular formula is C17H19N3O4S. The molecule has 2 aromatic rings. The van der Waals surface area contributed by atoms with Gasteiger partial charge in [-0.25, -0.2) is 8.42 Å². The Morgan fingerprint density at radius 1 is 1.12 bits per heavy atom. The maximum atomic E-state index is 12.1. The molecular weight excluding hydrogens is 342 g/mol. The van der Waals surface area contributed by atoms with Crippen molar-refractivity contribution in [2.24, 2.45) is 16.5 Å². The first kappa shape index (κ1) is 18.5. The third-order valence-electron chi connectivity index (χ3n) is 3.37. The topological polar surface area (TPSA) is 125 Å². The lowest BCUT2D eigenvalue weighted by atomic mass is 10.1. The van der Waals surface area contributed by atoms with Crippen molar-refractivity contribution in [3.05, 3.63) is 53.1 Å². The number of benzene rings is 2. The second-order valence-electron chi connectivity index (χ2n) is 5.65. The number of aryl methyl sites for hydroxylation is 2. The van der Waals surface area contributed by atoms with Gasteiger partial charge >= 0.3 is 0 Å². The van der Waals surface area contributed by atoms with Gasteiger partial charge in [-0.05, 0) is 49.2 Å². The molecule has 132 valence electrons. The molecule has 0 saturated carbocycles. The number of amides is 1. The van der Waals surface area contributed by atoms with Gasteiger partial charge in [0.1, 0.15) is 16.4 Å². The first-order valence-electron chi connectivity index (χ1n) is 7.31. The van der Waals surface area contributed by atoms with Gasteiger partial charge in [-0.3, -0.25) is 4.79 Å². The summed E-state index contributed by atoms with van der Waals surface area (Å²) >= 11 is 0. The summed E-state index contributed by atoms with van der Waals surface area (Å²) in [6.45, 7) is 3.54. The number of rotatable bonds is 4. The average Bonchev–Trinajstić information content (AvgIpc) is 2.45. The molecule has 7 nitrogen and oxygen atoms in total. The summed E-state index contributed by atoms with van der Waals surface area (Å²) in [5, 5.41) is 0. The molecule has 0 heterocycles. The average molecular weight is 361 g/mol. The zero-order valence-electron chi connectivity index (χ0n) is 14.1. The van der Waals surface area contributed by atoms with E-state index in [2.05, 4.69) is 4.99 Å². The molecule has 0 aliphatic rings. The maximum absolute atomic E-state index is 12.1. The second kappa shape index (κ2) is 6.94. The molecule has 0 fully saturated rings. The Labute approximate surface area is 146 Å². The summed E-state index contributed by atoms with van der Waals surface area (Å²) in [6.07, 6.45) is 1.04. The Kier molecular flexibility index (Phi) is 5.13. The van der Waals surface area contributed by atoms with Crippen molar-refractivity contribution in [1.82, 2.24) is 0 Å². The maximum Gasteiger partial charge on any atom is 0.280 e. The number of carbonyl (C=O) groups excluding carboxylic acids is 1. The molecule has 1 amide bonds. The lowest BCUT2D eigenvalue weighted by Crippen LogP contribution is -2.24. The number of hydrogen-bond acceptors (Lipinski definition) is 4. The third-order valence-corrected chi connectivity index (χ3v) is 4.49. The molecule has 25 heavy (non-hydrogen) atoms. The fourth-order valence-corrected chi connectivity index (χ4v) is 3.04. The summed E-state index contributed by atoms with van der Waals surface area (Å²) in [4.78, 5) is 15.4. The molecule has 0 bridgehead atoms.